The van der Waals surface area contributed by atoms with Gasteiger partial charge in [-0.2, -0.15) is 0 Å². The maximum absolute atomic E-state index is 13.9. The number of benzene rings is 1. The monoisotopic (exact) mass is 562 g/mol. The van der Waals surface area contributed by atoms with Gasteiger partial charge in [-0.3, -0.25) is 19.4 Å². The highest BCUT2D eigenvalue weighted by atomic mass is 35.5. The van der Waals surface area contributed by atoms with E-state index in [1.807, 2.05) is 47.9 Å². The van der Waals surface area contributed by atoms with Crippen molar-refractivity contribution in [1.29, 1.82) is 0 Å². The molecule has 39 heavy (non-hydrogen) atoms. The van der Waals surface area contributed by atoms with Crippen molar-refractivity contribution in [2.45, 2.75) is 66.0 Å². The molecule has 0 saturated carbocycles. The number of hydrogen-bond donors (Lipinski definition) is 1. The van der Waals surface area contributed by atoms with E-state index in [-0.39, 0.29) is 23.6 Å². The van der Waals surface area contributed by atoms with E-state index in [0.29, 0.717) is 36.5 Å². The number of carbonyl (C=O) groups excluding carboxylic acids is 3. The van der Waals surface area contributed by atoms with Gasteiger partial charge in [0.2, 0.25) is 17.7 Å². The molecular weight excluding hydrogens is 516 g/mol. The molecule has 1 aromatic carbocycles. The van der Waals surface area contributed by atoms with Crippen molar-refractivity contribution in [3.8, 4) is 0 Å². The number of likely N-dealkylation sites (tertiary alicyclic amines) is 1. The Balaban J connectivity index is 1.72. The van der Waals surface area contributed by atoms with E-state index in [4.69, 9.17) is 11.6 Å². The minimum absolute atomic E-state index is 0.0434. The summed E-state index contributed by atoms with van der Waals surface area (Å²) in [6.07, 6.45) is 2.33. The van der Waals surface area contributed by atoms with Crippen LogP contribution in [0.25, 0.3) is 0 Å². The SMILES string of the molecule is CNN(C(=O)C(C)C)[C@H](Cc1ccc(Cl)cc1)C(=O)N1CCN(N(CC(C)C)C2CCN(C(C)=O)CC2)CC1. The molecule has 1 atom stereocenters. The molecule has 2 fully saturated rings. The number of piperazine rings is 1. The number of piperidine rings is 1. The molecule has 0 bridgehead atoms. The normalized spacial score (nSPS) is 18.2. The molecule has 0 unspecified atom stereocenters. The lowest BCUT2D eigenvalue weighted by Crippen LogP contribution is -2.63. The van der Waals surface area contributed by atoms with E-state index >= 15 is 0 Å². The number of hydrogen-bond acceptors (Lipinski definition) is 6. The molecular formula is C29H47ClN6O3. The van der Waals surface area contributed by atoms with Gasteiger partial charge in [-0.1, -0.05) is 51.4 Å². The molecule has 218 valence electrons. The Hall–Kier alpha value is -2.20. The molecule has 3 rings (SSSR count). The van der Waals surface area contributed by atoms with Crippen molar-refractivity contribution in [3.05, 3.63) is 34.9 Å². The third-order valence-electron chi connectivity index (χ3n) is 7.73. The first kappa shape index (κ1) is 31.3. The topological polar surface area (TPSA) is 79.4 Å². The Labute approximate surface area is 239 Å². The van der Waals surface area contributed by atoms with Crippen LogP contribution < -0.4 is 5.43 Å². The first-order valence-corrected chi connectivity index (χ1v) is 14.7. The summed E-state index contributed by atoms with van der Waals surface area (Å²) in [4.78, 5) is 42.7. The fourth-order valence-electron chi connectivity index (χ4n) is 5.56. The minimum Gasteiger partial charge on any atom is -0.343 e. The summed E-state index contributed by atoms with van der Waals surface area (Å²) >= 11 is 6.08. The molecule has 3 amide bonds. The molecule has 1 N–H and O–H groups in total. The fourth-order valence-corrected chi connectivity index (χ4v) is 5.69. The van der Waals surface area contributed by atoms with Crippen LogP contribution in [0.4, 0.5) is 0 Å². The van der Waals surface area contributed by atoms with E-state index in [0.717, 1.165) is 51.1 Å². The maximum Gasteiger partial charge on any atom is 0.247 e. The molecule has 2 saturated heterocycles. The molecule has 0 spiro atoms. The van der Waals surface area contributed by atoms with E-state index in [2.05, 4.69) is 29.3 Å². The number of nitrogens with one attached hydrogen (secondary N) is 1. The van der Waals surface area contributed by atoms with E-state index in [1.54, 1.807) is 14.0 Å². The third kappa shape index (κ3) is 8.39. The van der Waals surface area contributed by atoms with Gasteiger partial charge in [0, 0.05) is 83.2 Å². The second-order valence-electron chi connectivity index (χ2n) is 11.5. The van der Waals surface area contributed by atoms with Gasteiger partial charge in [-0.05, 0) is 36.5 Å². The molecule has 0 radical (unpaired) electrons. The Kier molecular flexibility index (Phi) is 11.6. The number of hydrazine groups is 2. The molecule has 1 aromatic rings. The van der Waals surface area contributed by atoms with Crippen LogP contribution in [0, 0.1) is 11.8 Å². The summed E-state index contributed by atoms with van der Waals surface area (Å²) < 4.78 is 0. The number of amides is 3. The molecule has 2 heterocycles. The van der Waals surface area contributed by atoms with E-state index in [9.17, 15) is 14.4 Å². The van der Waals surface area contributed by atoms with Crippen LogP contribution in [0.2, 0.25) is 5.02 Å². The lowest BCUT2D eigenvalue weighted by atomic mass is 10.0. The van der Waals surface area contributed by atoms with Gasteiger partial charge in [0.25, 0.3) is 0 Å². The Morgan fingerprint density at radius 3 is 2.03 bits per heavy atom. The van der Waals surface area contributed by atoms with Gasteiger partial charge >= 0.3 is 0 Å². The second-order valence-corrected chi connectivity index (χ2v) is 11.9. The van der Waals surface area contributed by atoms with Crippen LogP contribution in [0.3, 0.4) is 0 Å². The number of halogens is 1. The summed E-state index contributed by atoms with van der Waals surface area (Å²) in [5.41, 5.74) is 3.95. The molecule has 9 nitrogen and oxygen atoms in total. The minimum atomic E-state index is -0.652. The molecule has 0 aromatic heterocycles. The van der Waals surface area contributed by atoms with Crippen LogP contribution in [0.1, 0.15) is 53.0 Å². The number of rotatable bonds is 10. The zero-order valence-corrected chi connectivity index (χ0v) is 25.3. The largest absolute Gasteiger partial charge is 0.343 e. The third-order valence-corrected chi connectivity index (χ3v) is 7.98. The Morgan fingerprint density at radius 2 is 1.54 bits per heavy atom. The number of carbonyl (C=O) groups is 3. The van der Waals surface area contributed by atoms with Crippen molar-refractivity contribution >= 4 is 29.3 Å². The zero-order chi connectivity index (χ0) is 28.7. The average Bonchev–Trinajstić information content (AvgIpc) is 2.92. The van der Waals surface area contributed by atoms with Crippen molar-refractivity contribution < 1.29 is 14.4 Å². The van der Waals surface area contributed by atoms with Gasteiger partial charge in [0.05, 0.1) is 0 Å². The number of nitrogens with zero attached hydrogens (tertiary/aromatic N) is 5. The summed E-state index contributed by atoms with van der Waals surface area (Å²) in [6, 6.07) is 7.20. The van der Waals surface area contributed by atoms with Crippen LogP contribution >= 0.6 is 11.6 Å². The van der Waals surface area contributed by atoms with Gasteiger partial charge in [0.15, 0.2) is 0 Å². The Bertz CT molecular complexity index is 956. The summed E-state index contributed by atoms with van der Waals surface area (Å²) in [5, 5.41) is 7.04. The van der Waals surface area contributed by atoms with Gasteiger partial charge in [-0.15, -0.1) is 0 Å². The van der Waals surface area contributed by atoms with Crippen LogP contribution in [0.5, 0.6) is 0 Å². The Morgan fingerprint density at radius 1 is 0.949 bits per heavy atom. The van der Waals surface area contributed by atoms with E-state index < -0.39 is 6.04 Å². The lowest BCUT2D eigenvalue weighted by molar-refractivity contribution is -0.155. The predicted octanol–water partition coefficient (Wildman–Crippen LogP) is 2.90. The van der Waals surface area contributed by atoms with Crippen LogP contribution in [-0.2, 0) is 20.8 Å². The first-order chi connectivity index (χ1) is 18.5. The second kappa shape index (κ2) is 14.4. The smallest absolute Gasteiger partial charge is 0.247 e. The van der Waals surface area contributed by atoms with Gasteiger partial charge in [-0.25, -0.2) is 15.4 Å². The van der Waals surface area contributed by atoms with Crippen molar-refractivity contribution in [2.24, 2.45) is 11.8 Å². The standard InChI is InChI=1S/C29H47ClN6O3/c1-21(2)20-35(26-11-13-32(14-12-26)23(5)37)34-17-15-33(16-18-34)29(39)27(36(31-6)28(38)22(3)4)19-24-7-9-25(30)10-8-24/h7-10,21-22,26-27,31H,11-20H2,1-6H3/t27-/m1/s1. The average molecular weight is 563 g/mol. The predicted molar refractivity (Wildman–Crippen MR) is 155 cm³/mol. The molecule has 2 aliphatic rings. The van der Waals surface area contributed by atoms with E-state index in [1.165, 1.54) is 5.01 Å². The van der Waals surface area contributed by atoms with Gasteiger partial charge in [0.1, 0.15) is 6.04 Å². The highest BCUT2D eigenvalue weighted by Gasteiger charge is 2.37. The van der Waals surface area contributed by atoms with Crippen LogP contribution in [0.15, 0.2) is 24.3 Å². The molecule has 10 heteroatoms. The summed E-state index contributed by atoms with van der Waals surface area (Å²) in [5.74, 6) is 0.261. The van der Waals surface area contributed by atoms with Crippen molar-refractivity contribution in [3.63, 3.8) is 0 Å². The molecule has 2 aliphatic heterocycles. The summed E-state index contributed by atoms with van der Waals surface area (Å²) in [7, 11) is 1.70. The van der Waals surface area contributed by atoms with Crippen molar-refractivity contribution in [2.75, 3.05) is 52.9 Å². The first-order valence-electron chi connectivity index (χ1n) is 14.3. The highest BCUT2D eigenvalue weighted by molar-refractivity contribution is 6.30. The van der Waals surface area contributed by atoms with Crippen LogP contribution in [-0.4, -0.2) is 107 Å². The quantitative estimate of drug-likeness (QED) is 0.442. The zero-order valence-electron chi connectivity index (χ0n) is 24.5. The maximum atomic E-state index is 13.9. The van der Waals surface area contributed by atoms with Gasteiger partial charge < -0.3 is 9.80 Å². The highest BCUT2D eigenvalue weighted by Crippen LogP contribution is 2.23. The summed E-state index contributed by atoms with van der Waals surface area (Å²) in [6.45, 7) is 15.0. The lowest BCUT2D eigenvalue weighted by Gasteiger charge is -2.48. The molecule has 0 aliphatic carbocycles. The van der Waals surface area contributed by atoms with Crippen molar-refractivity contribution in [1.82, 2.24) is 30.3 Å². The fraction of sp³-hybridized carbons (Fsp3) is 0.690.